The highest BCUT2D eigenvalue weighted by atomic mass is 16.5. The van der Waals surface area contributed by atoms with Crippen LogP contribution in [0.4, 0.5) is 5.69 Å². The van der Waals surface area contributed by atoms with Gasteiger partial charge in [0, 0.05) is 13.6 Å². The van der Waals surface area contributed by atoms with Crippen molar-refractivity contribution in [2.24, 2.45) is 7.05 Å². The Kier molecular flexibility index (Phi) is 3.71. The van der Waals surface area contributed by atoms with Gasteiger partial charge in [0.15, 0.2) is 0 Å². The number of anilines is 1. The van der Waals surface area contributed by atoms with Crippen molar-refractivity contribution < 1.29 is 4.74 Å². The fourth-order valence-electron chi connectivity index (χ4n) is 2.06. The van der Waals surface area contributed by atoms with Crippen LogP contribution in [0.2, 0.25) is 0 Å². The number of rotatable bonds is 4. The average molecular weight is 256 g/mol. The molecule has 5 nitrogen and oxygen atoms in total. The summed E-state index contributed by atoms with van der Waals surface area (Å²) in [6, 6.07) is 9.58. The first kappa shape index (κ1) is 13.0. The number of para-hydroxylation sites is 1. The molecule has 1 aromatic carbocycles. The van der Waals surface area contributed by atoms with E-state index in [0.29, 0.717) is 12.1 Å². The van der Waals surface area contributed by atoms with Crippen LogP contribution in [-0.2, 0) is 13.6 Å². The van der Waals surface area contributed by atoms with E-state index in [2.05, 4.69) is 16.5 Å². The number of nitrogens with zero attached hydrogens (tertiary/aromatic N) is 3. The average Bonchev–Trinajstić information content (AvgIpc) is 2.70. The highest BCUT2D eigenvalue weighted by Gasteiger charge is 2.13. The first-order valence-corrected chi connectivity index (χ1v) is 5.96. The molecule has 1 N–H and O–H groups in total. The van der Waals surface area contributed by atoms with Crippen molar-refractivity contribution >= 4 is 5.69 Å². The number of aryl methyl sites for hydroxylation is 2. The fourth-order valence-corrected chi connectivity index (χ4v) is 2.06. The largest absolute Gasteiger partial charge is 0.481 e. The van der Waals surface area contributed by atoms with Crippen LogP contribution in [-0.4, -0.2) is 16.9 Å². The highest BCUT2D eigenvalue weighted by Crippen LogP contribution is 2.23. The molecule has 5 heteroatoms. The number of methoxy groups -OCH3 is 1. The van der Waals surface area contributed by atoms with Gasteiger partial charge in [-0.2, -0.15) is 10.4 Å². The van der Waals surface area contributed by atoms with Crippen LogP contribution in [0, 0.1) is 18.3 Å². The van der Waals surface area contributed by atoms with Crippen molar-refractivity contribution in [2.75, 3.05) is 12.4 Å². The van der Waals surface area contributed by atoms with E-state index < -0.39 is 0 Å². The second-order valence-corrected chi connectivity index (χ2v) is 4.21. The zero-order chi connectivity index (χ0) is 13.8. The summed E-state index contributed by atoms with van der Waals surface area (Å²) in [5, 5.41) is 16.6. The molecular formula is C14H16N4O. The number of aromatic nitrogens is 2. The summed E-state index contributed by atoms with van der Waals surface area (Å²) in [5.74, 6) is 0.736. The quantitative estimate of drug-likeness (QED) is 0.911. The van der Waals surface area contributed by atoms with E-state index in [1.54, 1.807) is 17.9 Å². The molecule has 0 aliphatic heterocycles. The molecule has 19 heavy (non-hydrogen) atoms. The number of nitriles is 1. The Bertz CT molecular complexity index is 625. The predicted molar refractivity (Wildman–Crippen MR) is 73.0 cm³/mol. The van der Waals surface area contributed by atoms with Crippen LogP contribution >= 0.6 is 0 Å². The monoisotopic (exact) mass is 256 g/mol. The molecular weight excluding hydrogens is 240 g/mol. The van der Waals surface area contributed by atoms with Crippen molar-refractivity contribution in [3.8, 4) is 11.9 Å². The van der Waals surface area contributed by atoms with E-state index in [9.17, 15) is 0 Å². The topological polar surface area (TPSA) is 62.9 Å². The SMILES string of the molecule is COc1c(CNc2ccccc2C#N)c(C)nn1C. The lowest BCUT2D eigenvalue weighted by molar-refractivity contribution is 0.370. The Morgan fingerprint density at radius 2 is 2.16 bits per heavy atom. The molecule has 0 fully saturated rings. The Morgan fingerprint density at radius 3 is 2.84 bits per heavy atom. The summed E-state index contributed by atoms with van der Waals surface area (Å²) >= 11 is 0. The maximum Gasteiger partial charge on any atom is 0.216 e. The summed E-state index contributed by atoms with van der Waals surface area (Å²) in [6.45, 7) is 2.51. The summed E-state index contributed by atoms with van der Waals surface area (Å²) < 4.78 is 7.05. The summed E-state index contributed by atoms with van der Waals surface area (Å²) in [4.78, 5) is 0. The summed E-state index contributed by atoms with van der Waals surface area (Å²) in [5.41, 5.74) is 3.36. The lowest BCUT2D eigenvalue weighted by atomic mass is 10.2. The predicted octanol–water partition coefficient (Wildman–Crippen LogP) is 2.22. The number of nitrogens with one attached hydrogen (secondary N) is 1. The van der Waals surface area contributed by atoms with Crippen molar-refractivity contribution in [1.82, 2.24) is 9.78 Å². The van der Waals surface area contributed by atoms with E-state index in [4.69, 9.17) is 10.00 Å². The number of benzene rings is 1. The molecule has 0 aliphatic rings. The minimum Gasteiger partial charge on any atom is -0.481 e. The van der Waals surface area contributed by atoms with Crippen LogP contribution < -0.4 is 10.1 Å². The second kappa shape index (κ2) is 5.44. The Labute approximate surface area is 112 Å². The van der Waals surface area contributed by atoms with Crippen molar-refractivity contribution in [3.63, 3.8) is 0 Å². The van der Waals surface area contributed by atoms with Crippen molar-refractivity contribution in [2.45, 2.75) is 13.5 Å². The molecule has 0 radical (unpaired) electrons. The molecule has 0 amide bonds. The van der Waals surface area contributed by atoms with Crippen LogP contribution in [0.3, 0.4) is 0 Å². The standard InChI is InChI=1S/C14H16N4O/c1-10-12(14(19-3)18(2)17-10)9-16-13-7-5-4-6-11(13)8-15/h4-7,16H,9H2,1-3H3. The van der Waals surface area contributed by atoms with Crippen LogP contribution in [0.25, 0.3) is 0 Å². The normalized spacial score (nSPS) is 10.0. The van der Waals surface area contributed by atoms with E-state index in [0.717, 1.165) is 22.8 Å². The van der Waals surface area contributed by atoms with Gasteiger partial charge in [-0.05, 0) is 19.1 Å². The zero-order valence-corrected chi connectivity index (χ0v) is 11.3. The van der Waals surface area contributed by atoms with E-state index in [1.807, 2.05) is 32.2 Å². The van der Waals surface area contributed by atoms with Gasteiger partial charge in [0.05, 0.1) is 29.6 Å². The van der Waals surface area contributed by atoms with Crippen LogP contribution in [0.5, 0.6) is 5.88 Å². The molecule has 2 rings (SSSR count). The van der Waals surface area contributed by atoms with Gasteiger partial charge in [0.1, 0.15) is 6.07 Å². The maximum absolute atomic E-state index is 9.04. The molecule has 98 valence electrons. The third-order valence-electron chi connectivity index (χ3n) is 2.99. The number of hydrogen-bond donors (Lipinski definition) is 1. The molecule has 2 aromatic rings. The van der Waals surface area contributed by atoms with E-state index in [-0.39, 0.29) is 0 Å². The van der Waals surface area contributed by atoms with Crippen molar-refractivity contribution in [3.05, 3.63) is 41.1 Å². The van der Waals surface area contributed by atoms with E-state index >= 15 is 0 Å². The Morgan fingerprint density at radius 1 is 1.42 bits per heavy atom. The summed E-state index contributed by atoms with van der Waals surface area (Å²) in [6.07, 6.45) is 0. The molecule has 0 aliphatic carbocycles. The molecule has 1 aromatic heterocycles. The van der Waals surface area contributed by atoms with Gasteiger partial charge in [-0.15, -0.1) is 0 Å². The number of hydrogen-bond acceptors (Lipinski definition) is 4. The molecule has 0 unspecified atom stereocenters. The fraction of sp³-hybridized carbons (Fsp3) is 0.286. The van der Waals surface area contributed by atoms with Gasteiger partial charge < -0.3 is 10.1 Å². The van der Waals surface area contributed by atoms with Gasteiger partial charge in [0.2, 0.25) is 5.88 Å². The minimum absolute atomic E-state index is 0.571. The molecule has 0 bridgehead atoms. The highest BCUT2D eigenvalue weighted by molar-refractivity contribution is 5.57. The van der Waals surface area contributed by atoms with Gasteiger partial charge >= 0.3 is 0 Å². The van der Waals surface area contributed by atoms with Gasteiger partial charge in [-0.25, -0.2) is 4.68 Å². The van der Waals surface area contributed by atoms with Crippen LogP contribution in [0.1, 0.15) is 16.8 Å². The third-order valence-corrected chi connectivity index (χ3v) is 2.99. The van der Waals surface area contributed by atoms with Gasteiger partial charge in [0.25, 0.3) is 0 Å². The lowest BCUT2D eigenvalue weighted by Crippen LogP contribution is -2.04. The van der Waals surface area contributed by atoms with E-state index in [1.165, 1.54) is 0 Å². The first-order chi connectivity index (χ1) is 9.17. The Hall–Kier alpha value is -2.48. The number of ether oxygens (including phenoxy) is 1. The first-order valence-electron chi connectivity index (χ1n) is 5.96. The zero-order valence-electron chi connectivity index (χ0n) is 11.3. The maximum atomic E-state index is 9.04. The molecule has 0 saturated carbocycles. The smallest absolute Gasteiger partial charge is 0.216 e. The molecule has 0 atom stereocenters. The van der Waals surface area contributed by atoms with Gasteiger partial charge in [-0.1, -0.05) is 12.1 Å². The molecule has 0 spiro atoms. The van der Waals surface area contributed by atoms with Crippen LogP contribution in [0.15, 0.2) is 24.3 Å². The van der Waals surface area contributed by atoms with Gasteiger partial charge in [-0.3, -0.25) is 0 Å². The lowest BCUT2D eigenvalue weighted by Gasteiger charge is -2.09. The Balaban J connectivity index is 2.22. The van der Waals surface area contributed by atoms with Crippen molar-refractivity contribution in [1.29, 1.82) is 5.26 Å². The minimum atomic E-state index is 0.571. The molecule has 1 heterocycles. The summed E-state index contributed by atoms with van der Waals surface area (Å²) in [7, 11) is 3.47. The third kappa shape index (κ3) is 2.52. The molecule has 0 saturated heterocycles. The second-order valence-electron chi connectivity index (χ2n) is 4.21.